The number of carbonyl (C=O) groups excluding carboxylic acids is 1. The van der Waals surface area contributed by atoms with E-state index in [1.807, 2.05) is 13.8 Å². The van der Waals surface area contributed by atoms with E-state index in [9.17, 15) is 13.6 Å². The lowest BCUT2D eigenvalue weighted by molar-refractivity contribution is 0.0391. The average molecular weight is 472 g/mol. The lowest BCUT2D eigenvalue weighted by Gasteiger charge is -2.29. The van der Waals surface area contributed by atoms with Gasteiger partial charge in [-0.15, -0.1) is 12.4 Å². The number of carbonyl (C=O) groups is 1. The van der Waals surface area contributed by atoms with Gasteiger partial charge in [0.05, 0.1) is 23.6 Å². The van der Waals surface area contributed by atoms with Crippen LogP contribution in [0.25, 0.3) is 10.2 Å². The van der Waals surface area contributed by atoms with Crippen molar-refractivity contribution in [1.82, 2.24) is 19.7 Å². The number of fused-ring (bicyclic) bond motifs is 1. The van der Waals surface area contributed by atoms with Gasteiger partial charge in [0.15, 0.2) is 10.9 Å². The van der Waals surface area contributed by atoms with E-state index in [2.05, 4.69) is 15.0 Å². The van der Waals surface area contributed by atoms with Crippen LogP contribution in [0.2, 0.25) is 0 Å². The highest BCUT2D eigenvalue weighted by atomic mass is 35.5. The largest absolute Gasteiger partial charge is 0.379 e. The molecule has 0 spiro atoms. The van der Waals surface area contributed by atoms with Gasteiger partial charge in [0.25, 0.3) is 5.91 Å². The minimum absolute atomic E-state index is 0. The lowest BCUT2D eigenvalue weighted by atomic mass is 10.3. The summed E-state index contributed by atoms with van der Waals surface area (Å²) in [6, 6.07) is 3.78. The summed E-state index contributed by atoms with van der Waals surface area (Å²) in [5, 5.41) is 4.70. The molecule has 0 bridgehead atoms. The second-order valence-corrected chi connectivity index (χ2v) is 8.14. The summed E-state index contributed by atoms with van der Waals surface area (Å²) in [7, 11) is 0. The highest BCUT2D eigenvalue weighted by molar-refractivity contribution is 7.22. The second kappa shape index (κ2) is 9.99. The number of amides is 1. The number of morpholine rings is 1. The molecule has 1 fully saturated rings. The molecule has 0 radical (unpaired) electrons. The Kier molecular flexibility index (Phi) is 7.58. The Bertz CT molecular complexity index is 1070. The highest BCUT2D eigenvalue weighted by Crippen LogP contribution is 2.32. The summed E-state index contributed by atoms with van der Waals surface area (Å²) in [5.74, 6) is -1.66. The van der Waals surface area contributed by atoms with Gasteiger partial charge in [-0.2, -0.15) is 5.10 Å². The predicted molar refractivity (Wildman–Crippen MR) is 118 cm³/mol. The van der Waals surface area contributed by atoms with Crippen LogP contribution in [0.15, 0.2) is 18.2 Å². The van der Waals surface area contributed by atoms with Crippen molar-refractivity contribution in [2.45, 2.75) is 20.4 Å². The topological polar surface area (TPSA) is 63.5 Å². The third kappa shape index (κ3) is 5.03. The van der Waals surface area contributed by atoms with Crippen LogP contribution in [0.5, 0.6) is 0 Å². The van der Waals surface area contributed by atoms with Crippen molar-refractivity contribution >= 4 is 45.0 Å². The summed E-state index contributed by atoms with van der Waals surface area (Å²) in [6.45, 7) is 8.17. The predicted octanol–water partition coefficient (Wildman–Crippen LogP) is 3.50. The van der Waals surface area contributed by atoms with Crippen LogP contribution in [0, 0.1) is 18.6 Å². The number of anilines is 1. The molecule has 1 aliphatic rings. The van der Waals surface area contributed by atoms with Crippen LogP contribution in [-0.2, 0) is 11.3 Å². The van der Waals surface area contributed by atoms with Crippen LogP contribution in [0.1, 0.15) is 23.1 Å². The highest BCUT2D eigenvalue weighted by Gasteiger charge is 2.26. The van der Waals surface area contributed by atoms with E-state index in [1.165, 1.54) is 6.07 Å². The van der Waals surface area contributed by atoms with Crippen molar-refractivity contribution in [2.24, 2.45) is 0 Å². The monoisotopic (exact) mass is 471 g/mol. The summed E-state index contributed by atoms with van der Waals surface area (Å²) in [6.07, 6.45) is 0. The third-order valence-electron chi connectivity index (χ3n) is 5.04. The molecule has 3 aromatic rings. The summed E-state index contributed by atoms with van der Waals surface area (Å²) >= 11 is 1.10. The van der Waals surface area contributed by atoms with Gasteiger partial charge in [0, 0.05) is 38.8 Å². The second-order valence-electron chi connectivity index (χ2n) is 7.13. The van der Waals surface area contributed by atoms with E-state index in [4.69, 9.17) is 4.74 Å². The Morgan fingerprint density at radius 1 is 1.26 bits per heavy atom. The molecule has 0 saturated carbocycles. The zero-order valence-corrected chi connectivity index (χ0v) is 18.9. The molecule has 4 rings (SSSR count). The number of benzene rings is 1. The van der Waals surface area contributed by atoms with Gasteiger partial charge >= 0.3 is 0 Å². The Morgan fingerprint density at radius 3 is 2.71 bits per heavy atom. The first kappa shape index (κ1) is 23.5. The fourth-order valence-electron chi connectivity index (χ4n) is 3.51. The number of rotatable bonds is 6. The molecule has 0 atom stereocenters. The van der Waals surface area contributed by atoms with E-state index in [0.717, 1.165) is 36.2 Å². The molecule has 7 nitrogen and oxygen atoms in total. The van der Waals surface area contributed by atoms with Crippen molar-refractivity contribution < 1.29 is 18.3 Å². The SMILES string of the molecule is CCn1nc(C)cc1C(=O)N(CCN1CCOCC1)c1nc2c(F)cc(F)cc2s1.Cl. The number of halogens is 3. The van der Waals surface area contributed by atoms with E-state index < -0.39 is 11.6 Å². The minimum Gasteiger partial charge on any atom is -0.379 e. The molecule has 1 aromatic carbocycles. The number of ether oxygens (including phenoxy) is 1. The van der Waals surface area contributed by atoms with Crippen molar-refractivity contribution in [3.05, 3.63) is 41.2 Å². The molecule has 1 aliphatic heterocycles. The van der Waals surface area contributed by atoms with Crippen molar-refractivity contribution in [1.29, 1.82) is 0 Å². The molecular formula is C20H24ClF2N5O2S. The van der Waals surface area contributed by atoms with Crippen molar-refractivity contribution in [2.75, 3.05) is 44.3 Å². The van der Waals surface area contributed by atoms with Gasteiger partial charge in [0.1, 0.15) is 17.0 Å². The van der Waals surface area contributed by atoms with Crippen molar-refractivity contribution in [3.63, 3.8) is 0 Å². The first-order valence-electron chi connectivity index (χ1n) is 9.88. The minimum atomic E-state index is -0.734. The maximum atomic E-state index is 14.2. The lowest BCUT2D eigenvalue weighted by Crippen LogP contribution is -2.43. The van der Waals surface area contributed by atoms with Gasteiger partial charge in [-0.25, -0.2) is 13.8 Å². The first-order chi connectivity index (χ1) is 14.5. The van der Waals surface area contributed by atoms with Crippen molar-refractivity contribution in [3.8, 4) is 0 Å². The molecule has 3 heterocycles. The maximum absolute atomic E-state index is 14.2. The number of aromatic nitrogens is 3. The molecule has 1 amide bonds. The molecule has 1 saturated heterocycles. The van der Waals surface area contributed by atoms with Crippen LogP contribution in [0.4, 0.5) is 13.9 Å². The molecule has 0 unspecified atom stereocenters. The quantitative estimate of drug-likeness (QED) is 0.550. The Balaban J connectivity index is 0.00000272. The number of hydrogen-bond donors (Lipinski definition) is 0. The molecule has 11 heteroatoms. The Labute approximate surface area is 189 Å². The van der Waals surface area contributed by atoms with Crippen LogP contribution < -0.4 is 4.90 Å². The first-order valence-corrected chi connectivity index (χ1v) is 10.7. The molecule has 31 heavy (non-hydrogen) atoms. The Hall–Kier alpha value is -2.14. The molecule has 168 valence electrons. The van der Waals surface area contributed by atoms with Gasteiger partial charge in [-0.1, -0.05) is 11.3 Å². The van der Waals surface area contributed by atoms with E-state index in [-0.39, 0.29) is 23.8 Å². The zero-order valence-electron chi connectivity index (χ0n) is 17.3. The maximum Gasteiger partial charge on any atom is 0.278 e. The number of hydrogen-bond acceptors (Lipinski definition) is 6. The number of thiazole rings is 1. The number of aryl methyl sites for hydroxylation is 2. The van der Waals surface area contributed by atoms with Gasteiger partial charge in [-0.3, -0.25) is 19.3 Å². The van der Waals surface area contributed by atoms with E-state index in [0.29, 0.717) is 48.4 Å². The summed E-state index contributed by atoms with van der Waals surface area (Å²) in [5.41, 5.74) is 1.26. The van der Waals surface area contributed by atoms with Crippen LogP contribution in [-0.4, -0.2) is 65.0 Å². The molecule has 0 aliphatic carbocycles. The van der Waals surface area contributed by atoms with Gasteiger partial charge < -0.3 is 4.74 Å². The van der Waals surface area contributed by atoms with E-state index in [1.54, 1.807) is 15.6 Å². The third-order valence-corrected chi connectivity index (χ3v) is 6.07. The fraction of sp³-hybridized carbons (Fsp3) is 0.450. The van der Waals surface area contributed by atoms with Gasteiger partial charge in [0.2, 0.25) is 0 Å². The fourth-order valence-corrected chi connectivity index (χ4v) is 4.54. The zero-order chi connectivity index (χ0) is 21.3. The van der Waals surface area contributed by atoms with Gasteiger partial charge in [-0.05, 0) is 26.0 Å². The summed E-state index contributed by atoms with van der Waals surface area (Å²) < 4.78 is 35.3. The van der Waals surface area contributed by atoms with E-state index >= 15 is 0 Å². The smallest absolute Gasteiger partial charge is 0.278 e. The van der Waals surface area contributed by atoms with Crippen LogP contribution >= 0.6 is 23.7 Å². The van der Waals surface area contributed by atoms with Crippen LogP contribution in [0.3, 0.4) is 0 Å². The average Bonchev–Trinajstić information content (AvgIpc) is 3.32. The number of nitrogens with zero attached hydrogens (tertiary/aromatic N) is 5. The summed E-state index contributed by atoms with van der Waals surface area (Å²) in [4.78, 5) is 21.5. The standard InChI is InChI=1S/C20H23F2N5O2S.ClH/c1-3-27-16(10-13(2)24-27)19(28)26(5-4-25-6-8-29-9-7-25)20-23-18-15(22)11-14(21)12-17(18)30-20;/h10-12H,3-9H2,1-2H3;1H. The molecule has 2 aromatic heterocycles. The molecule has 0 N–H and O–H groups in total. The molecular weight excluding hydrogens is 448 g/mol. The Morgan fingerprint density at radius 2 is 2.00 bits per heavy atom. The normalized spacial score (nSPS) is 14.6.